The van der Waals surface area contributed by atoms with Gasteiger partial charge in [-0.3, -0.25) is 20.2 Å². The summed E-state index contributed by atoms with van der Waals surface area (Å²) < 4.78 is 0. The van der Waals surface area contributed by atoms with Crippen molar-refractivity contribution in [3.63, 3.8) is 0 Å². The molecule has 6 heteroatoms. The normalized spacial score (nSPS) is 20.9. The van der Waals surface area contributed by atoms with Crippen LogP contribution in [0.25, 0.3) is 0 Å². The number of halogens is 1. The van der Waals surface area contributed by atoms with Gasteiger partial charge in [-0.15, -0.1) is 0 Å². The molecule has 0 aromatic carbocycles. The van der Waals surface area contributed by atoms with Crippen LogP contribution in [-0.2, 0) is 9.59 Å². The number of hydrogen-bond acceptors (Lipinski definition) is 3. The van der Waals surface area contributed by atoms with E-state index in [-0.39, 0.29) is 0 Å². The van der Waals surface area contributed by atoms with Crippen molar-refractivity contribution in [2.45, 2.75) is 13.3 Å². The summed E-state index contributed by atoms with van der Waals surface area (Å²) in [5.74, 6) is -1.08. The molecule has 0 aromatic heterocycles. The first-order chi connectivity index (χ1) is 6.00. The van der Waals surface area contributed by atoms with E-state index in [0.29, 0.717) is 11.8 Å². The first-order valence-corrected chi connectivity index (χ1v) is 4.85. The topological polar surface area (TPSA) is 75.3 Å². The lowest BCUT2D eigenvalue weighted by molar-refractivity contribution is -0.143. The molecule has 0 saturated carbocycles. The summed E-state index contributed by atoms with van der Waals surface area (Å²) in [6.45, 7) is 1.51. The first-order valence-electron chi connectivity index (χ1n) is 3.73. The number of alkyl halides is 1. The molecule has 5 nitrogen and oxygen atoms in total. The van der Waals surface area contributed by atoms with Crippen LogP contribution in [0.4, 0.5) is 4.79 Å². The van der Waals surface area contributed by atoms with Gasteiger partial charge in [0.25, 0.3) is 0 Å². The van der Waals surface area contributed by atoms with Crippen LogP contribution in [0.2, 0.25) is 0 Å². The molecule has 1 rings (SSSR count). The van der Waals surface area contributed by atoms with Crippen molar-refractivity contribution in [2.75, 3.05) is 5.33 Å². The van der Waals surface area contributed by atoms with Gasteiger partial charge in [-0.25, -0.2) is 4.79 Å². The number of nitrogens with one attached hydrogen (secondary N) is 2. The minimum Gasteiger partial charge on any atom is -0.277 e. The Labute approximate surface area is 83.4 Å². The van der Waals surface area contributed by atoms with Crippen molar-refractivity contribution >= 4 is 33.8 Å². The quantitative estimate of drug-likeness (QED) is 0.540. The predicted molar refractivity (Wildman–Crippen MR) is 48.2 cm³/mol. The molecule has 72 valence electrons. The molecule has 0 atom stereocenters. The average Bonchev–Trinajstić information content (AvgIpc) is 2.01. The van der Waals surface area contributed by atoms with Gasteiger partial charge in [-0.2, -0.15) is 0 Å². The van der Waals surface area contributed by atoms with Gasteiger partial charge < -0.3 is 0 Å². The Bertz CT molecular complexity index is 257. The van der Waals surface area contributed by atoms with Crippen LogP contribution in [-0.4, -0.2) is 23.2 Å². The number of imide groups is 2. The zero-order chi connectivity index (χ0) is 10.1. The summed E-state index contributed by atoms with van der Waals surface area (Å²) in [5, 5.41) is 4.64. The lowest BCUT2D eigenvalue weighted by atomic mass is 9.84. The summed E-state index contributed by atoms with van der Waals surface area (Å²) >= 11 is 3.15. The van der Waals surface area contributed by atoms with E-state index in [1.54, 1.807) is 0 Å². The molecule has 1 aliphatic heterocycles. The lowest BCUT2D eigenvalue weighted by Crippen LogP contribution is -2.61. The molecule has 4 amide bonds. The fourth-order valence-corrected chi connectivity index (χ4v) is 1.83. The van der Waals surface area contributed by atoms with E-state index in [0.717, 1.165) is 0 Å². The summed E-state index contributed by atoms with van der Waals surface area (Å²) in [6.07, 6.45) is 0.359. The Morgan fingerprint density at radius 3 is 2.08 bits per heavy atom. The van der Waals surface area contributed by atoms with E-state index >= 15 is 0 Å². The third kappa shape index (κ3) is 1.72. The summed E-state index contributed by atoms with van der Waals surface area (Å²) in [6, 6.07) is -0.748. The van der Waals surface area contributed by atoms with E-state index in [9.17, 15) is 14.4 Å². The van der Waals surface area contributed by atoms with Crippen LogP contribution in [0.15, 0.2) is 0 Å². The number of urea groups is 1. The second-order valence-corrected chi connectivity index (χ2v) is 3.80. The summed E-state index contributed by atoms with van der Waals surface area (Å²) in [4.78, 5) is 33.3. The van der Waals surface area contributed by atoms with E-state index in [1.165, 1.54) is 6.92 Å². The predicted octanol–water partition coefficient (Wildman–Crippen LogP) is 0.144. The minimum absolute atomic E-state index is 0.359. The second-order valence-electron chi connectivity index (χ2n) is 3.01. The Morgan fingerprint density at radius 2 is 1.69 bits per heavy atom. The van der Waals surface area contributed by atoms with Gasteiger partial charge in [0.05, 0.1) is 0 Å². The smallest absolute Gasteiger partial charge is 0.277 e. The molecule has 1 heterocycles. The van der Waals surface area contributed by atoms with Crippen LogP contribution in [0, 0.1) is 5.41 Å². The van der Waals surface area contributed by atoms with Crippen LogP contribution < -0.4 is 10.6 Å². The molecule has 0 radical (unpaired) electrons. The highest BCUT2D eigenvalue weighted by atomic mass is 79.9. The largest absolute Gasteiger partial charge is 0.328 e. The van der Waals surface area contributed by atoms with Crippen LogP contribution >= 0.6 is 15.9 Å². The number of rotatable bonds is 2. The van der Waals surface area contributed by atoms with E-state index in [1.807, 2.05) is 0 Å². The molecule has 1 aliphatic rings. The van der Waals surface area contributed by atoms with Crippen LogP contribution in [0.3, 0.4) is 0 Å². The average molecular weight is 249 g/mol. The van der Waals surface area contributed by atoms with E-state index in [2.05, 4.69) is 26.6 Å². The van der Waals surface area contributed by atoms with Crippen LogP contribution in [0.5, 0.6) is 0 Å². The highest BCUT2D eigenvalue weighted by Gasteiger charge is 2.45. The van der Waals surface area contributed by atoms with Crippen molar-refractivity contribution in [2.24, 2.45) is 5.41 Å². The van der Waals surface area contributed by atoms with Crippen molar-refractivity contribution in [3.8, 4) is 0 Å². The molecular weight excluding hydrogens is 240 g/mol. The molecule has 0 bridgehead atoms. The van der Waals surface area contributed by atoms with E-state index in [4.69, 9.17) is 0 Å². The monoisotopic (exact) mass is 248 g/mol. The Kier molecular flexibility index (Phi) is 2.70. The maximum absolute atomic E-state index is 11.3. The molecule has 13 heavy (non-hydrogen) atoms. The Balaban J connectivity index is 2.89. The Hall–Kier alpha value is -0.910. The number of carbonyl (C=O) groups excluding carboxylic acids is 3. The summed E-state index contributed by atoms with van der Waals surface area (Å²) in [5.41, 5.74) is -1.14. The molecule has 0 aromatic rings. The maximum atomic E-state index is 11.3. The van der Waals surface area contributed by atoms with Gasteiger partial charge in [-0.1, -0.05) is 15.9 Å². The number of carbonyl (C=O) groups is 3. The molecule has 0 aliphatic carbocycles. The lowest BCUT2D eigenvalue weighted by Gasteiger charge is -2.29. The first kappa shape index (κ1) is 10.2. The van der Waals surface area contributed by atoms with Crippen molar-refractivity contribution in [1.82, 2.24) is 10.6 Å². The van der Waals surface area contributed by atoms with Gasteiger partial charge in [0.2, 0.25) is 11.8 Å². The van der Waals surface area contributed by atoms with Gasteiger partial charge in [0, 0.05) is 5.33 Å². The number of amides is 4. The summed E-state index contributed by atoms with van der Waals surface area (Å²) in [7, 11) is 0. The molecule has 1 saturated heterocycles. The van der Waals surface area contributed by atoms with Crippen molar-refractivity contribution in [1.29, 1.82) is 0 Å². The van der Waals surface area contributed by atoms with E-state index < -0.39 is 23.3 Å². The highest BCUT2D eigenvalue weighted by molar-refractivity contribution is 9.09. The van der Waals surface area contributed by atoms with Crippen LogP contribution in [0.1, 0.15) is 13.3 Å². The van der Waals surface area contributed by atoms with Gasteiger partial charge in [0.1, 0.15) is 5.41 Å². The molecule has 1 fully saturated rings. The third-order valence-electron chi connectivity index (χ3n) is 2.05. The number of hydrogen-bond donors (Lipinski definition) is 2. The van der Waals surface area contributed by atoms with Gasteiger partial charge in [-0.05, 0) is 13.3 Å². The maximum Gasteiger partial charge on any atom is 0.328 e. The molecule has 0 unspecified atom stereocenters. The Morgan fingerprint density at radius 1 is 1.23 bits per heavy atom. The second kappa shape index (κ2) is 3.45. The molecule has 0 spiro atoms. The highest BCUT2D eigenvalue weighted by Crippen LogP contribution is 2.24. The van der Waals surface area contributed by atoms with Gasteiger partial charge >= 0.3 is 6.03 Å². The van der Waals surface area contributed by atoms with Crippen molar-refractivity contribution in [3.05, 3.63) is 0 Å². The molecular formula is C7H9BrN2O3. The van der Waals surface area contributed by atoms with Crippen molar-refractivity contribution < 1.29 is 14.4 Å². The SMILES string of the molecule is CC1(CCBr)C(=O)NC(=O)NC1=O. The zero-order valence-electron chi connectivity index (χ0n) is 7.02. The zero-order valence-corrected chi connectivity index (χ0v) is 8.60. The fourth-order valence-electron chi connectivity index (χ4n) is 1.03. The third-order valence-corrected chi connectivity index (χ3v) is 2.45. The standard InChI is InChI=1S/C7H9BrN2O3/c1-7(2-3-8)4(11)9-6(13)10-5(7)12/h2-3H2,1H3,(H2,9,10,11,12,13). The van der Waals surface area contributed by atoms with Gasteiger partial charge in [0.15, 0.2) is 0 Å². The molecule has 2 N–H and O–H groups in total. The number of barbiturate groups is 1. The fraction of sp³-hybridized carbons (Fsp3) is 0.571. The minimum atomic E-state index is -1.14.